The van der Waals surface area contributed by atoms with E-state index in [-0.39, 0.29) is 6.54 Å². The Hall–Kier alpha value is -4.07. The number of hydrogen-bond acceptors (Lipinski definition) is 3. The minimum absolute atomic E-state index is 0.269. The molecule has 0 saturated carbocycles. The number of aromatic nitrogens is 1. The summed E-state index contributed by atoms with van der Waals surface area (Å²) in [6, 6.07) is 17.5. The van der Waals surface area contributed by atoms with E-state index in [4.69, 9.17) is 5.73 Å². The molecular formula is C22H23N5O3. The Labute approximate surface area is 174 Å². The first-order valence-electron chi connectivity index (χ1n) is 9.34. The minimum Gasteiger partial charge on any atom is -0.352 e. The molecule has 2 aromatic carbocycles. The van der Waals surface area contributed by atoms with Gasteiger partial charge in [-0.3, -0.25) is 20.4 Å². The Morgan fingerprint density at radius 1 is 0.900 bits per heavy atom. The van der Waals surface area contributed by atoms with Gasteiger partial charge >= 0.3 is 6.03 Å². The van der Waals surface area contributed by atoms with Crippen LogP contribution in [-0.4, -0.2) is 22.4 Å². The quantitative estimate of drug-likeness (QED) is 0.488. The zero-order valence-corrected chi connectivity index (χ0v) is 16.7. The normalized spacial score (nSPS) is 10.3. The van der Waals surface area contributed by atoms with Gasteiger partial charge in [0.05, 0.1) is 5.56 Å². The summed E-state index contributed by atoms with van der Waals surface area (Å²) >= 11 is 0. The zero-order chi connectivity index (χ0) is 21.7. The molecule has 0 bridgehead atoms. The fourth-order valence-electron chi connectivity index (χ4n) is 3.18. The molecule has 30 heavy (non-hydrogen) atoms. The van der Waals surface area contributed by atoms with Gasteiger partial charge in [-0.25, -0.2) is 4.79 Å². The molecule has 0 spiro atoms. The molecule has 0 aliphatic rings. The van der Waals surface area contributed by atoms with E-state index in [0.29, 0.717) is 11.1 Å². The molecule has 3 aromatic rings. The van der Waals surface area contributed by atoms with Crippen molar-refractivity contribution < 1.29 is 14.4 Å². The second-order valence-corrected chi connectivity index (χ2v) is 6.78. The number of urea groups is 1. The highest BCUT2D eigenvalue weighted by Crippen LogP contribution is 2.20. The molecule has 0 aliphatic carbocycles. The topological polar surface area (TPSA) is 118 Å². The third kappa shape index (κ3) is 4.67. The molecule has 0 atom stereocenters. The first-order chi connectivity index (χ1) is 14.4. The van der Waals surface area contributed by atoms with Crippen molar-refractivity contribution >= 4 is 17.8 Å². The molecule has 0 unspecified atom stereocenters. The van der Waals surface area contributed by atoms with Crippen molar-refractivity contribution in [1.82, 2.24) is 20.7 Å². The number of amides is 4. The fraction of sp³-hybridized carbons (Fsp3) is 0.136. The summed E-state index contributed by atoms with van der Waals surface area (Å²) in [5, 5.41) is 2.47. The third-order valence-electron chi connectivity index (χ3n) is 4.66. The van der Waals surface area contributed by atoms with Crippen molar-refractivity contribution in [3.05, 3.63) is 88.7 Å². The van der Waals surface area contributed by atoms with Crippen LogP contribution in [0.4, 0.5) is 4.79 Å². The Morgan fingerprint density at radius 3 is 2.17 bits per heavy atom. The van der Waals surface area contributed by atoms with E-state index in [0.717, 1.165) is 22.6 Å². The highest BCUT2D eigenvalue weighted by molar-refractivity contribution is 5.99. The van der Waals surface area contributed by atoms with Crippen molar-refractivity contribution in [3.8, 4) is 5.69 Å². The maximum Gasteiger partial charge on any atom is 0.312 e. The number of hydrazine groups is 1. The second-order valence-electron chi connectivity index (χ2n) is 6.78. The van der Waals surface area contributed by atoms with Gasteiger partial charge in [0.25, 0.3) is 11.8 Å². The van der Waals surface area contributed by atoms with Crippen molar-refractivity contribution in [3.63, 3.8) is 0 Å². The number of nitrogens with zero attached hydrogens (tertiary/aromatic N) is 1. The van der Waals surface area contributed by atoms with Crippen molar-refractivity contribution in [2.75, 3.05) is 0 Å². The Kier molecular flexibility index (Phi) is 6.17. The summed E-state index contributed by atoms with van der Waals surface area (Å²) in [7, 11) is 0. The van der Waals surface area contributed by atoms with Gasteiger partial charge in [0.15, 0.2) is 0 Å². The van der Waals surface area contributed by atoms with E-state index in [1.54, 1.807) is 30.3 Å². The Bertz CT molecular complexity index is 1070. The molecule has 5 N–H and O–H groups in total. The van der Waals surface area contributed by atoms with Crippen LogP contribution in [0.1, 0.15) is 37.7 Å². The van der Waals surface area contributed by atoms with E-state index in [9.17, 15) is 14.4 Å². The summed E-state index contributed by atoms with van der Waals surface area (Å²) in [6.07, 6.45) is 0. The van der Waals surface area contributed by atoms with E-state index in [1.165, 1.54) is 0 Å². The zero-order valence-electron chi connectivity index (χ0n) is 16.7. The van der Waals surface area contributed by atoms with Gasteiger partial charge in [0.1, 0.15) is 0 Å². The average Bonchev–Trinajstić information content (AvgIpc) is 3.05. The lowest BCUT2D eigenvalue weighted by Gasteiger charge is -2.10. The lowest BCUT2D eigenvalue weighted by Crippen LogP contribution is -2.41. The second kappa shape index (κ2) is 8.95. The number of nitrogens with one attached hydrogen (secondary N) is 3. The van der Waals surface area contributed by atoms with Crippen molar-refractivity contribution in [1.29, 1.82) is 0 Å². The van der Waals surface area contributed by atoms with E-state index in [2.05, 4.69) is 16.2 Å². The Balaban J connectivity index is 1.64. The van der Waals surface area contributed by atoms with E-state index >= 15 is 0 Å². The molecule has 1 aromatic heterocycles. The maximum atomic E-state index is 12.6. The number of para-hydroxylation sites is 1. The highest BCUT2D eigenvalue weighted by atomic mass is 16.2. The van der Waals surface area contributed by atoms with Crippen molar-refractivity contribution in [2.45, 2.75) is 20.4 Å². The van der Waals surface area contributed by atoms with Crippen LogP contribution in [0, 0.1) is 13.8 Å². The summed E-state index contributed by atoms with van der Waals surface area (Å²) < 4.78 is 1.98. The SMILES string of the molecule is Cc1cc(C(=O)NNC(=O)c2ccc(CNC(N)=O)cc2)c(C)n1-c1ccccc1. The van der Waals surface area contributed by atoms with Gasteiger partial charge in [0.2, 0.25) is 0 Å². The monoisotopic (exact) mass is 405 g/mol. The van der Waals surface area contributed by atoms with Crippen LogP contribution in [0.3, 0.4) is 0 Å². The molecule has 154 valence electrons. The van der Waals surface area contributed by atoms with Crippen LogP contribution < -0.4 is 21.9 Å². The third-order valence-corrected chi connectivity index (χ3v) is 4.66. The van der Waals surface area contributed by atoms with Gasteiger partial charge in [0, 0.05) is 29.2 Å². The summed E-state index contributed by atoms with van der Waals surface area (Å²) in [5.74, 6) is -0.851. The van der Waals surface area contributed by atoms with Gasteiger partial charge in [-0.1, -0.05) is 30.3 Å². The molecular weight excluding hydrogens is 382 g/mol. The van der Waals surface area contributed by atoms with Gasteiger partial charge < -0.3 is 15.6 Å². The maximum absolute atomic E-state index is 12.6. The first kappa shape index (κ1) is 20.7. The van der Waals surface area contributed by atoms with Crippen LogP contribution in [0.15, 0.2) is 60.7 Å². The standard InChI is InChI=1S/C22H23N5O3/c1-14-12-19(15(2)27(14)18-6-4-3-5-7-18)21(29)26-25-20(28)17-10-8-16(9-11-17)13-24-22(23)30/h3-12H,13H2,1-2H3,(H,25,28)(H,26,29)(H3,23,24,30). The largest absolute Gasteiger partial charge is 0.352 e. The highest BCUT2D eigenvalue weighted by Gasteiger charge is 2.17. The van der Waals surface area contributed by atoms with Crippen LogP contribution in [-0.2, 0) is 6.54 Å². The molecule has 1 heterocycles. The van der Waals surface area contributed by atoms with E-state index < -0.39 is 17.8 Å². The Morgan fingerprint density at radius 2 is 1.53 bits per heavy atom. The minimum atomic E-state index is -0.619. The van der Waals surface area contributed by atoms with Crippen LogP contribution in [0.25, 0.3) is 5.69 Å². The van der Waals surface area contributed by atoms with Gasteiger partial charge in [-0.15, -0.1) is 0 Å². The molecule has 8 heteroatoms. The number of carbonyl (C=O) groups is 3. The van der Waals surface area contributed by atoms with E-state index in [1.807, 2.05) is 48.7 Å². The smallest absolute Gasteiger partial charge is 0.312 e. The molecule has 3 rings (SSSR count). The molecule has 0 aliphatic heterocycles. The lowest BCUT2D eigenvalue weighted by atomic mass is 10.1. The fourth-order valence-corrected chi connectivity index (χ4v) is 3.18. The van der Waals surface area contributed by atoms with Crippen molar-refractivity contribution in [2.24, 2.45) is 5.73 Å². The summed E-state index contributed by atoms with van der Waals surface area (Å²) in [5.41, 5.74) is 14.2. The molecule has 0 fully saturated rings. The van der Waals surface area contributed by atoms with Gasteiger partial charge in [-0.05, 0) is 49.7 Å². The number of rotatable bonds is 5. The predicted molar refractivity (Wildman–Crippen MR) is 113 cm³/mol. The average molecular weight is 405 g/mol. The lowest BCUT2D eigenvalue weighted by molar-refractivity contribution is 0.0846. The molecule has 8 nitrogen and oxygen atoms in total. The van der Waals surface area contributed by atoms with Gasteiger partial charge in [-0.2, -0.15) is 0 Å². The van der Waals surface area contributed by atoms with Crippen LogP contribution >= 0.6 is 0 Å². The van der Waals surface area contributed by atoms with Crippen LogP contribution in [0.5, 0.6) is 0 Å². The number of primary amides is 1. The van der Waals surface area contributed by atoms with Crippen LogP contribution in [0.2, 0.25) is 0 Å². The molecule has 0 saturated heterocycles. The number of carbonyl (C=O) groups excluding carboxylic acids is 3. The number of nitrogens with two attached hydrogens (primary N) is 1. The number of benzene rings is 2. The number of hydrogen-bond donors (Lipinski definition) is 4. The predicted octanol–water partition coefficient (Wildman–Crippen LogP) is 2.34. The molecule has 4 amide bonds. The molecule has 0 radical (unpaired) electrons. The first-order valence-corrected chi connectivity index (χ1v) is 9.34. The summed E-state index contributed by atoms with van der Waals surface area (Å²) in [6.45, 7) is 4.05. The number of aryl methyl sites for hydroxylation is 1. The summed E-state index contributed by atoms with van der Waals surface area (Å²) in [4.78, 5) is 35.7.